The lowest BCUT2D eigenvalue weighted by molar-refractivity contribution is -0.136. The van der Waals surface area contributed by atoms with E-state index in [-0.39, 0.29) is 11.6 Å². The van der Waals surface area contributed by atoms with Crippen LogP contribution in [0.2, 0.25) is 0 Å². The third kappa shape index (κ3) is 1.91. The zero-order valence-corrected chi connectivity index (χ0v) is 10.2. The molecule has 2 aromatic rings. The summed E-state index contributed by atoms with van der Waals surface area (Å²) in [5, 5.41) is 12.7. The minimum Gasteiger partial charge on any atom is -0.477 e. The van der Waals surface area contributed by atoms with E-state index in [1.165, 1.54) is 6.07 Å². The highest BCUT2D eigenvalue weighted by molar-refractivity contribution is 5.86. The number of halogens is 3. The Morgan fingerprint density at radius 2 is 2.10 bits per heavy atom. The molecule has 1 N–H and O–H groups in total. The molecule has 0 spiro atoms. The number of carbonyl (C=O) groups is 1. The number of hydrogen-bond acceptors (Lipinski definition) is 3. The third-order valence-corrected chi connectivity index (χ3v) is 3.55. The fourth-order valence-corrected chi connectivity index (χ4v) is 2.29. The monoisotopic (exact) mass is 285 g/mol. The van der Waals surface area contributed by atoms with Gasteiger partial charge in [-0.05, 0) is 18.9 Å². The predicted molar refractivity (Wildman–Crippen MR) is 61.5 cm³/mol. The van der Waals surface area contributed by atoms with E-state index >= 15 is 0 Å². The van der Waals surface area contributed by atoms with Gasteiger partial charge < -0.3 is 5.11 Å². The van der Waals surface area contributed by atoms with Gasteiger partial charge in [-0.3, -0.25) is 0 Å². The van der Waals surface area contributed by atoms with Crippen LogP contribution in [0.15, 0.2) is 12.3 Å². The molecule has 20 heavy (non-hydrogen) atoms. The molecule has 106 valence electrons. The van der Waals surface area contributed by atoms with Crippen LogP contribution >= 0.6 is 0 Å². The van der Waals surface area contributed by atoms with Crippen LogP contribution in [-0.2, 0) is 6.18 Å². The minimum absolute atomic E-state index is 0.0413. The Morgan fingerprint density at radius 3 is 2.60 bits per heavy atom. The van der Waals surface area contributed by atoms with Crippen molar-refractivity contribution in [2.24, 2.45) is 0 Å². The molecule has 0 aromatic carbocycles. The molecule has 1 aliphatic carbocycles. The van der Waals surface area contributed by atoms with Crippen LogP contribution in [0.3, 0.4) is 0 Å². The van der Waals surface area contributed by atoms with Crippen LogP contribution in [0.1, 0.15) is 46.9 Å². The van der Waals surface area contributed by atoms with Crippen molar-refractivity contribution < 1.29 is 23.1 Å². The molecule has 0 atom stereocenters. The number of aromatic carboxylic acids is 1. The maximum Gasteiger partial charge on any atom is 0.421 e. The lowest BCUT2D eigenvalue weighted by atomic mass is 9.82. The Hall–Kier alpha value is -2.12. The number of rotatable bonds is 2. The maximum atomic E-state index is 12.9. The van der Waals surface area contributed by atoms with Crippen LogP contribution in [0.25, 0.3) is 5.65 Å². The number of carboxylic acid groups (broad SMARTS) is 1. The summed E-state index contributed by atoms with van der Waals surface area (Å²) in [6.07, 6.45) is -1.30. The molecular formula is C12H10F3N3O2. The van der Waals surface area contributed by atoms with Crippen molar-refractivity contribution in [1.29, 1.82) is 0 Å². The van der Waals surface area contributed by atoms with Crippen LogP contribution in [-0.4, -0.2) is 25.7 Å². The van der Waals surface area contributed by atoms with Crippen LogP contribution in [0.5, 0.6) is 0 Å². The SMILES string of the molecule is O=C(O)c1cc(C2CCC2)n2ncc(C(F)(F)F)c2n1. The average Bonchev–Trinajstić information content (AvgIpc) is 2.69. The van der Waals surface area contributed by atoms with Gasteiger partial charge in [0.2, 0.25) is 0 Å². The van der Waals surface area contributed by atoms with Crippen LogP contribution in [0, 0.1) is 0 Å². The van der Waals surface area contributed by atoms with E-state index in [0.29, 0.717) is 11.9 Å². The smallest absolute Gasteiger partial charge is 0.421 e. The summed E-state index contributed by atoms with van der Waals surface area (Å²) < 4.78 is 39.7. The molecule has 0 radical (unpaired) electrons. The van der Waals surface area contributed by atoms with Crippen molar-refractivity contribution >= 4 is 11.6 Å². The topological polar surface area (TPSA) is 67.5 Å². The summed E-state index contributed by atoms with van der Waals surface area (Å²) in [6, 6.07) is 1.31. The molecule has 0 saturated heterocycles. The lowest BCUT2D eigenvalue weighted by Crippen LogP contribution is -2.17. The molecule has 0 bridgehead atoms. The van der Waals surface area contributed by atoms with Gasteiger partial charge >= 0.3 is 12.1 Å². The second kappa shape index (κ2) is 4.19. The minimum atomic E-state index is -4.61. The van der Waals surface area contributed by atoms with E-state index in [4.69, 9.17) is 5.11 Å². The number of fused-ring (bicyclic) bond motifs is 1. The van der Waals surface area contributed by atoms with Gasteiger partial charge in [-0.25, -0.2) is 14.3 Å². The average molecular weight is 285 g/mol. The van der Waals surface area contributed by atoms with E-state index < -0.39 is 23.4 Å². The second-order valence-corrected chi connectivity index (χ2v) is 4.79. The highest BCUT2D eigenvalue weighted by atomic mass is 19.4. The number of aromatic nitrogens is 3. The molecule has 1 saturated carbocycles. The number of carboxylic acids is 1. The summed E-state index contributed by atoms with van der Waals surface area (Å²) >= 11 is 0. The van der Waals surface area contributed by atoms with E-state index in [2.05, 4.69) is 10.1 Å². The number of hydrogen-bond donors (Lipinski definition) is 1. The summed E-state index contributed by atoms with van der Waals surface area (Å²) in [7, 11) is 0. The van der Waals surface area contributed by atoms with Gasteiger partial charge in [0.25, 0.3) is 0 Å². The normalized spacial score (nSPS) is 16.4. The second-order valence-electron chi connectivity index (χ2n) is 4.79. The zero-order valence-electron chi connectivity index (χ0n) is 10.2. The number of alkyl halides is 3. The highest BCUT2D eigenvalue weighted by Crippen LogP contribution is 2.38. The Balaban J connectivity index is 2.27. The van der Waals surface area contributed by atoms with Crippen molar-refractivity contribution in [2.75, 3.05) is 0 Å². The predicted octanol–water partition coefficient (Wildman–Crippen LogP) is 2.71. The fourth-order valence-electron chi connectivity index (χ4n) is 2.29. The lowest BCUT2D eigenvalue weighted by Gasteiger charge is -2.26. The standard InChI is InChI=1S/C12H10F3N3O2/c13-12(14,15)7-5-16-18-9(6-2-1-3-6)4-8(11(19)20)17-10(7)18/h4-6H,1-3H2,(H,19,20). The van der Waals surface area contributed by atoms with Gasteiger partial charge in [0, 0.05) is 11.6 Å². The largest absolute Gasteiger partial charge is 0.477 e. The van der Waals surface area contributed by atoms with Crippen molar-refractivity contribution in [3.8, 4) is 0 Å². The van der Waals surface area contributed by atoms with Crippen molar-refractivity contribution in [1.82, 2.24) is 14.6 Å². The van der Waals surface area contributed by atoms with E-state index in [1.54, 1.807) is 0 Å². The summed E-state index contributed by atoms with van der Waals surface area (Å²) in [6.45, 7) is 0. The summed E-state index contributed by atoms with van der Waals surface area (Å²) in [5.41, 5.74) is -1.36. The first-order valence-corrected chi connectivity index (χ1v) is 6.07. The van der Waals surface area contributed by atoms with Gasteiger partial charge in [-0.2, -0.15) is 18.3 Å². The molecule has 2 aromatic heterocycles. The van der Waals surface area contributed by atoms with Gasteiger partial charge in [-0.1, -0.05) is 6.42 Å². The van der Waals surface area contributed by atoms with Gasteiger partial charge in [0.15, 0.2) is 11.3 Å². The van der Waals surface area contributed by atoms with Crippen LogP contribution in [0.4, 0.5) is 13.2 Å². The molecule has 0 unspecified atom stereocenters. The molecule has 1 fully saturated rings. The van der Waals surface area contributed by atoms with Crippen molar-refractivity contribution in [3.05, 3.63) is 29.2 Å². The van der Waals surface area contributed by atoms with Gasteiger partial charge in [-0.15, -0.1) is 0 Å². The molecule has 0 aliphatic heterocycles. The first-order chi connectivity index (χ1) is 9.38. The van der Waals surface area contributed by atoms with Gasteiger partial charge in [0.05, 0.1) is 6.20 Å². The summed E-state index contributed by atoms with van der Waals surface area (Å²) in [4.78, 5) is 14.6. The highest BCUT2D eigenvalue weighted by Gasteiger charge is 2.36. The Kier molecular flexibility index (Phi) is 2.70. The molecule has 8 heteroatoms. The van der Waals surface area contributed by atoms with Crippen LogP contribution < -0.4 is 0 Å². The quantitative estimate of drug-likeness (QED) is 0.921. The Bertz CT molecular complexity index is 689. The zero-order chi connectivity index (χ0) is 14.5. The van der Waals surface area contributed by atoms with Gasteiger partial charge in [0.1, 0.15) is 5.56 Å². The summed E-state index contributed by atoms with van der Waals surface area (Å²) in [5.74, 6) is -1.30. The molecule has 2 heterocycles. The molecular weight excluding hydrogens is 275 g/mol. The fraction of sp³-hybridized carbons (Fsp3) is 0.417. The maximum absolute atomic E-state index is 12.9. The van der Waals surface area contributed by atoms with Crippen molar-refractivity contribution in [2.45, 2.75) is 31.4 Å². The Morgan fingerprint density at radius 1 is 1.40 bits per heavy atom. The Labute approximate surface area is 111 Å². The molecule has 3 rings (SSSR count). The molecule has 1 aliphatic rings. The van der Waals surface area contributed by atoms with Crippen molar-refractivity contribution in [3.63, 3.8) is 0 Å². The van der Waals surface area contributed by atoms with E-state index in [0.717, 1.165) is 23.8 Å². The van der Waals surface area contributed by atoms with E-state index in [1.807, 2.05) is 0 Å². The molecule has 5 nitrogen and oxygen atoms in total. The van der Waals surface area contributed by atoms with E-state index in [9.17, 15) is 18.0 Å². The first kappa shape index (κ1) is 12.9. The third-order valence-electron chi connectivity index (χ3n) is 3.55. The first-order valence-electron chi connectivity index (χ1n) is 6.07. The molecule has 0 amide bonds. The number of nitrogens with zero attached hydrogens (tertiary/aromatic N) is 3.